The maximum atomic E-state index is 14.1. The number of carbonyl (C=O) groups excluding carboxylic acids is 2. The number of carbonyl (C=O) groups is 2. The van der Waals surface area contributed by atoms with Gasteiger partial charge in [-0.15, -0.1) is 0 Å². The van der Waals surface area contributed by atoms with Crippen LogP contribution in [0.3, 0.4) is 0 Å². The molecule has 0 spiro atoms. The third-order valence-corrected chi connectivity index (χ3v) is 6.95. The van der Waals surface area contributed by atoms with Crippen LogP contribution in [-0.2, 0) is 14.3 Å². The van der Waals surface area contributed by atoms with E-state index in [0.29, 0.717) is 22.9 Å². The largest absolute Gasteiger partial charge is 0.458 e. The second-order valence-corrected chi connectivity index (χ2v) is 11.3. The molecule has 7 heteroatoms. The number of nitriles is 1. The fourth-order valence-electron chi connectivity index (χ4n) is 4.91. The number of nitrogens with zero attached hydrogens (tertiary/aromatic N) is 2. The molecule has 1 saturated heterocycles. The second kappa shape index (κ2) is 10.6. The van der Waals surface area contributed by atoms with Gasteiger partial charge >= 0.3 is 5.97 Å². The van der Waals surface area contributed by atoms with E-state index in [-0.39, 0.29) is 18.2 Å². The number of hydrogen-bond donors (Lipinski definition) is 0. The van der Waals surface area contributed by atoms with E-state index in [2.05, 4.69) is 6.07 Å². The van der Waals surface area contributed by atoms with E-state index >= 15 is 0 Å². The van der Waals surface area contributed by atoms with Crippen LogP contribution in [0.5, 0.6) is 0 Å². The zero-order valence-electron chi connectivity index (χ0n) is 20.8. The Balaban J connectivity index is 2.24. The highest BCUT2D eigenvalue weighted by molar-refractivity contribution is 6.30. The summed E-state index contributed by atoms with van der Waals surface area (Å²) >= 11 is 12.5. The van der Waals surface area contributed by atoms with E-state index in [1.165, 1.54) is 0 Å². The summed E-state index contributed by atoms with van der Waals surface area (Å²) in [4.78, 5) is 29.2. The van der Waals surface area contributed by atoms with Gasteiger partial charge in [0.05, 0.1) is 17.5 Å². The van der Waals surface area contributed by atoms with Gasteiger partial charge in [-0.25, -0.2) is 4.79 Å². The molecule has 2 unspecified atom stereocenters. The Morgan fingerprint density at radius 3 is 2.37 bits per heavy atom. The Morgan fingerprint density at radius 2 is 1.83 bits per heavy atom. The molecular formula is C28H32Cl2N2O3. The molecule has 4 atom stereocenters. The number of halogens is 2. The fraction of sp³-hybridized carbons (Fsp3) is 0.464. The summed E-state index contributed by atoms with van der Waals surface area (Å²) in [5, 5.41) is 10.8. The summed E-state index contributed by atoms with van der Waals surface area (Å²) < 4.78 is 5.74. The van der Waals surface area contributed by atoms with Crippen molar-refractivity contribution in [1.82, 2.24) is 4.90 Å². The maximum Gasteiger partial charge on any atom is 0.329 e. The quantitative estimate of drug-likeness (QED) is 0.385. The van der Waals surface area contributed by atoms with Gasteiger partial charge in [0.1, 0.15) is 11.6 Å². The van der Waals surface area contributed by atoms with E-state index in [9.17, 15) is 14.9 Å². The minimum atomic E-state index is -0.972. The fourth-order valence-corrected chi connectivity index (χ4v) is 5.24. The number of ether oxygens (including phenoxy) is 1. The van der Waals surface area contributed by atoms with Gasteiger partial charge < -0.3 is 9.64 Å². The molecule has 1 aliphatic rings. The topological polar surface area (TPSA) is 70.4 Å². The van der Waals surface area contributed by atoms with Crippen molar-refractivity contribution in [2.75, 3.05) is 0 Å². The highest BCUT2D eigenvalue weighted by Gasteiger charge is 2.53. The molecule has 3 rings (SSSR count). The van der Waals surface area contributed by atoms with Crippen molar-refractivity contribution in [1.29, 1.82) is 5.26 Å². The molecular weight excluding hydrogens is 483 g/mol. The van der Waals surface area contributed by atoms with Crippen LogP contribution in [0, 0.1) is 16.7 Å². The number of likely N-dealkylation sites (tertiary alicyclic amines) is 1. The first-order valence-corrected chi connectivity index (χ1v) is 12.6. The van der Waals surface area contributed by atoms with Gasteiger partial charge in [-0.05, 0) is 75.9 Å². The third kappa shape index (κ3) is 6.00. The summed E-state index contributed by atoms with van der Waals surface area (Å²) in [6, 6.07) is 15.8. The van der Waals surface area contributed by atoms with Crippen molar-refractivity contribution in [2.45, 2.75) is 77.5 Å². The van der Waals surface area contributed by atoms with Crippen LogP contribution in [0.2, 0.25) is 10.0 Å². The predicted molar refractivity (Wildman–Crippen MR) is 138 cm³/mol. The highest BCUT2D eigenvalue weighted by Crippen LogP contribution is 2.52. The van der Waals surface area contributed by atoms with Crippen LogP contribution in [0.25, 0.3) is 0 Å². The lowest BCUT2D eigenvalue weighted by Crippen LogP contribution is -2.58. The van der Waals surface area contributed by atoms with Crippen molar-refractivity contribution < 1.29 is 14.3 Å². The summed E-state index contributed by atoms with van der Waals surface area (Å²) in [7, 11) is 0. The molecule has 186 valence electrons. The molecule has 0 radical (unpaired) electrons. The molecule has 0 saturated carbocycles. The highest BCUT2D eigenvalue weighted by atomic mass is 35.5. The first-order valence-electron chi connectivity index (χ1n) is 11.8. The molecule has 1 aliphatic heterocycles. The Bertz CT molecular complexity index is 1120. The van der Waals surface area contributed by atoms with Crippen LogP contribution in [0.15, 0.2) is 48.5 Å². The molecule has 2 aromatic carbocycles. The number of esters is 1. The van der Waals surface area contributed by atoms with Crippen molar-refractivity contribution in [3.63, 3.8) is 0 Å². The number of amides is 1. The Kier molecular flexibility index (Phi) is 8.19. The van der Waals surface area contributed by atoms with Crippen LogP contribution in [0.1, 0.15) is 77.0 Å². The summed E-state index contributed by atoms with van der Waals surface area (Å²) in [6.07, 6.45) is 0.849. The molecule has 1 amide bonds. The first kappa shape index (κ1) is 27.0. The number of hydrogen-bond acceptors (Lipinski definition) is 4. The molecule has 0 N–H and O–H groups in total. The van der Waals surface area contributed by atoms with Crippen molar-refractivity contribution in [3.05, 3.63) is 69.7 Å². The van der Waals surface area contributed by atoms with Gasteiger partial charge in [0.25, 0.3) is 0 Å². The maximum absolute atomic E-state index is 14.1. The number of benzene rings is 2. The summed E-state index contributed by atoms with van der Waals surface area (Å²) in [5.74, 6) is -0.893. The molecule has 1 heterocycles. The molecule has 35 heavy (non-hydrogen) atoms. The van der Waals surface area contributed by atoms with Gasteiger partial charge in [-0.1, -0.05) is 54.4 Å². The molecule has 0 aliphatic carbocycles. The molecule has 0 aromatic heterocycles. The zero-order chi connectivity index (χ0) is 26.0. The minimum absolute atomic E-state index is 0.0392. The van der Waals surface area contributed by atoms with Crippen molar-refractivity contribution >= 4 is 35.1 Å². The lowest BCUT2D eigenvalue weighted by atomic mass is 9.67. The van der Waals surface area contributed by atoms with Gasteiger partial charge in [0.15, 0.2) is 0 Å². The first-order chi connectivity index (χ1) is 16.4. The van der Waals surface area contributed by atoms with Gasteiger partial charge in [-0.3, -0.25) is 4.79 Å². The van der Waals surface area contributed by atoms with Crippen molar-refractivity contribution in [2.24, 2.45) is 5.41 Å². The Labute approximate surface area is 218 Å². The Hall–Kier alpha value is -2.55. The van der Waals surface area contributed by atoms with E-state index < -0.39 is 29.1 Å². The van der Waals surface area contributed by atoms with E-state index in [1.54, 1.807) is 43.9 Å². The van der Waals surface area contributed by atoms with E-state index in [4.69, 9.17) is 27.9 Å². The standard InChI is InChI=1S/C28H32Cl2N2O3/c1-6-23(25(33)35-27(2,3)4)32-24(18-10-12-20(29)13-11-18)22(19-8-7-9-21(30)16-19)17-28(5,14-15-31)26(32)34/h7-13,16,22-24H,6,14,17H2,1-5H3/t22-,23?,24?,28+/m1/s1. The lowest BCUT2D eigenvalue weighted by Gasteiger charge is -2.51. The van der Waals surface area contributed by atoms with Crippen LogP contribution in [-0.4, -0.2) is 28.4 Å². The normalized spacial score (nSPS) is 23.5. The third-order valence-electron chi connectivity index (χ3n) is 6.46. The summed E-state index contributed by atoms with van der Waals surface area (Å²) in [5.41, 5.74) is 0.119. The number of piperidine rings is 1. The molecule has 2 aromatic rings. The second-order valence-electron chi connectivity index (χ2n) is 10.4. The van der Waals surface area contributed by atoms with Crippen LogP contribution < -0.4 is 0 Å². The van der Waals surface area contributed by atoms with Gasteiger partial charge in [0.2, 0.25) is 5.91 Å². The average Bonchev–Trinajstić information content (AvgIpc) is 2.77. The van der Waals surface area contributed by atoms with E-state index in [1.807, 2.05) is 44.2 Å². The lowest BCUT2D eigenvalue weighted by molar-refractivity contribution is -0.173. The molecule has 5 nitrogen and oxygen atoms in total. The SMILES string of the molecule is CCC(C(=O)OC(C)(C)C)N1C(=O)[C@@](C)(CC#N)C[C@H](c2cccc(Cl)c2)C1c1ccc(Cl)cc1. The van der Waals surface area contributed by atoms with Crippen LogP contribution in [0.4, 0.5) is 0 Å². The minimum Gasteiger partial charge on any atom is -0.458 e. The van der Waals surface area contributed by atoms with Gasteiger partial charge in [0, 0.05) is 22.4 Å². The zero-order valence-corrected chi connectivity index (χ0v) is 22.4. The number of rotatable bonds is 6. The van der Waals surface area contributed by atoms with Crippen molar-refractivity contribution in [3.8, 4) is 6.07 Å². The van der Waals surface area contributed by atoms with Gasteiger partial charge in [-0.2, -0.15) is 5.26 Å². The van der Waals surface area contributed by atoms with Crippen LogP contribution >= 0.6 is 23.2 Å². The molecule has 0 bridgehead atoms. The smallest absolute Gasteiger partial charge is 0.329 e. The monoisotopic (exact) mass is 514 g/mol. The Morgan fingerprint density at radius 1 is 1.17 bits per heavy atom. The average molecular weight is 515 g/mol. The predicted octanol–water partition coefficient (Wildman–Crippen LogP) is 7.09. The molecule has 1 fully saturated rings. The summed E-state index contributed by atoms with van der Waals surface area (Å²) in [6.45, 7) is 9.09. The van der Waals surface area contributed by atoms with E-state index in [0.717, 1.165) is 11.1 Å².